The summed E-state index contributed by atoms with van der Waals surface area (Å²) in [7, 11) is 0. The van der Waals surface area contributed by atoms with Crippen LogP contribution in [0.1, 0.15) is 13.8 Å². The van der Waals surface area contributed by atoms with E-state index in [1.54, 1.807) is 10.6 Å². The van der Waals surface area contributed by atoms with Crippen LogP contribution in [-0.2, 0) is 6.54 Å². The van der Waals surface area contributed by atoms with E-state index < -0.39 is 0 Å². The minimum atomic E-state index is 0.0891. The molecule has 88 valence electrons. The highest BCUT2D eigenvalue weighted by molar-refractivity contribution is 5.45. The van der Waals surface area contributed by atoms with Gasteiger partial charge in [-0.1, -0.05) is 0 Å². The molecule has 0 unspecified atom stereocenters. The monoisotopic (exact) mass is 221 g/mol. The molecule has 1 fully saturated rings. The molecule has 0 aromatic carbocycles. The molecule has 0 aliphatic carbocycles. The van der Waals surface area contributed by atoms with Crippen LogP contribution in [0.25, 0.3) is 0 Å². The quantitative estimate of drug-likeness (QED) is 0.797. The standard InChI is InChI=1S/C12H19N3O/c1-3-14-6-4-11(8-12(14)16)15-7-5-13-10(2)9-15/h4,6,8,10,13H,3,5,7,9H2,1-2H3/t10-/m1/s1. The van der Waals surface area contributed by atoms with Crippen LogP contribution < -0.4 is 15.8 Å². The Bertz CT molecular complexity index is 413. The molecule has 2 rings (SSSR count). The molecule has 1 N–H and O–H groups in total. The predicted molar refractivity (Wildman–Crippen MR) is 66.1 cm³/mol. The summed E-state index contributed by atoms with van der Waals surface area (Å²) >= 11 is 0. The lowest BCUT2D eigenvalue weighted by Gasteiger charge is -2.33. The Balaban J connectivity index is 2.20. The van der Waals surface area contributed by atoms with Gasteiger partial charge in [0.1, 0.15) is 0 Å². The molecule has 0 bridgehead atoms. The largest absolute Gasteiger partial charge is 0.369 e. The second kappa shape index (κ2) is 4.70. The van der Waals surface area contributed by atoms with Crippen molar-refractivity contribution in [3.05, 3.63) is 28.7 Å². The number of piperazine rings is 1. The van der Waals surface area contributed by atoms with Crippen molar-refractivity contribution in [1.82, 2.24) is 9.88 Å². The third-order valence-electron chi connectivity index (χ3n) is 3.05. The second-order valence-corrected chi connectivity index (χ2v) is 4.31. The van der Waals surface area contributed by atoms with Crippen molar-refractivity contribution in [2.45, 2.75) is 26.4 Å². The van der Waals surface area contributed by atoms with Crippen LogP contribution >= 0.6 is 0 Å². The highest BCUT2D eigenvalue weighted by atomic mass is 16.1. The molecule has 1 aliphatic heterocycles. The maximum atomic E-state index is 11.7. The lowest BCUT2D eigenvalue weighted by atomic mass is 10.2. The fourth-order valence-electron chi connectivity index (χ4n) is 2.12. The molecule has 2 heterocycles. The molecular formula is C12H19N3O. The maximum Gasteiger partial charge on any atom is 0.252 e. The first-order chi connectivity index (χ1) is 7.70. The molecule has 1 atom stereocenters. The van der Waals surface area contributed by atoms with Crippen LogP contribution in [0.5, 0.6) is 0 Å². The maximum absolute atomic E-state index is 11.7. The number of nitrogens with zero attached hydrogens (tertiary/aromatic N) is 2. The summed E-state index contributed by atoms with van der Waals surface area (Å²) in [6, 6.07) is 4.26. The second-order valence-electron chi connectivity index (χ2n) is 4.31. The van der Waals surface area contributed by atoms with E-state index in [0.717, 1.165) is 31.9 Å². The van der Waals surface area contributed by atoms with Gasteiger partial charge in [0, 0.05) is 50.2 Å². The first-order valence-corrected chi connectivity index (χ1v) is 5.89. The summed E-state index contributed by atoms with van der Waals surface area (Å²) in [4.78, 5) is 14.0. The summed E-state index contributed by atoms with van der Waals surface area (Å²) in [5, 5.41) is 3.39. The lowest BCUT2D eigenvalue weighted by Crippen LogP contribution is -2.49. The van der Waals surface area contributed by atoms with Crippen molar-refractivity contribution in [3.8, 4) is 0 Å². The van der Waals surface area contributed by atoms with Crippen LogP contribution in [0.2, 0.25) is 0 Å². The molecule has 1 saturated heterocycles. The summed E-state index contributed by atoms with van der Waals surface area (Å²) in [6.45, 7) is 7.80. The smallest absolute Gasteiger partial charge is 0.252 e. The molecule has 1 aliphatic rings. The molecule has 4 heteroatoms. The summed E-state index contributed by atoms with van der Waals surface area (Å²) < 4.78 is 1.72. The van der Waals surface area contributed by atoms with E-state index in [2.05, 4.69) is 17.1 Å². The van der Waals surface area contributed by atoms with Gasteiger partial charge in [-0.05, 0) is 19.9 Å². The Labute approximate surface area is 95.9 Å². The Hall–Kier alpha value is -1.29. The third kappa shape index (κ3) is 2.27. The highest BCUT2D eigenvalue weighted by Crippen LogP contribution is 2.13. The van der Waals surface area contributed by atoms with Gasteiger partial charge in [-0.15, -0.1) is 0 Å². The number of hydrogen-bond acceptors (Lipinski definition) is 3. The number of nitrogens with one attached hydrogen (secondary N) is 1. The van der Waals surface area contributed by atoms with Crippen LogP contribution in [-0.4, -0.2) is 30.2 Å². The van der Waals surface area contributed by atoms with Gasteiger partial charge in [0.2, 0.25) is 0 Å². The van der Waals surface area contributed by atoms with Gasteiger partial charge in [-0.3, -0.25) is 4.79 Å². The number of hydrogen-bond donors (Lipinski definition) is 1. The van der Waals surface area contributed by atoms with Gasteiger partial charge in [0.25, 0.3) is 5.56 Å². The van der Waals surface area contributed by atoms with Crippen molar-refractivity contribution in [3.63, 3.8) is 0 Å². The van der Waals surface area contributed by atoms with Gasteiger partial charge in [-0.2, -0.15) is 0 Å². The minimum absolute atomic E-state index is 0.0891. The molecule has 4 nitrogen and oxygen atoms in total. The van der Waals surface area contributed by atoms with Crippen LogP contribution in [0.4, 0.5) is 5.69 Å². The molecule has 0 saturated carbocycles. The summed E-state index contributed by atoms with van der Waals surface area (Å²) in [5.74, 6) is 0. The number of anilines is 1. The number of pyridine rings is 1. The van der Waals surface area contributed by atoms with Crippen LogP contribution in [0.3, 0.4) is 0 Å². The molecule has 16 heavy (non-hydrogen) atoms. The van der Waals surface area contributed by atoms with Crippen LogP contribution in [0.15, 0.2) is 23.1 Å². The average Bonchev–Trinajstić information content (AvgIpc) is 2.29. The first kappa shape index (κ1) is 11.2. The van der Waals surface area contributed by atoms with E-state index in [1.807, 2.05) is 19.2 Å². The van der Waals surface area contributed by atoms with Gasteiger partial charge in [-0.25, -0.2) is 0 Å². The molecule has 1 aromatic heterocycles. The van der Waals surface area contributed by atoms with Crippen molar-refractivity contribution in [1.29, 1.82) is 0 Å². The van der Waals surface area contributed by atoms with Gasteiger partial charge < -0.3 is 14.8 Å². The first-order valence-electron chi connectivity index (χ1n) is 5.89. The number of aromatic nitrogens is 1. The number of aryl methyl sites for hydroxylation is 1. The highest BCUT2D eigenvalue weighted by Gasteiger charge is 2.16. The van der Waals surface area contributed by atoms with E-state index in [1.165, 1.54) is 0 Å². The Morgan fingerprint density at radius 2 is 2.38 bits per heavy atom. The minimum Gasteiger partial charge on any atom is -0.369 e. The number of rotatable bonds is 2. The van der Waals surface area contributed by atoms with Crippen molar-refractivity contribution in [2.24, 2.45) is 0 Å². The third-order valence-corrected chi connectivity index (χ3v) is 3.05. The Morgan fingerprint density at radius 3 is 3.00 bits per heavy atom. The molecule has 0 spiro atoms. The normalized spacial score (nSPS) is 21.1. The fraction of sp³-hybridized carbons (Fsp3) is 0.583. The summed E-state index contributed by atoms with van der Waals surface area (Å²) in [6.07, 6.45) is 1.88. The van der Waals surface area contributed by atoms with Gasteiger partial charge in [0.05, 0.1) is 0 Å². The molecule has 1 aromatic rings. The Morgan fingerprint density at radius 1 is 1.56 bits per heavy atom. The van der Waals surface area contributed by atoms with E-state index in [-0.39, 0.29) is 5.56 Å². The van der Waals surface area contributed by atoms with Crippen molar-refractivity contribution < 1.29 is 0 Å². The van der Waals surface area contributed by atoms with Crippen molar-refractivity contribution in [2.75, 3.05) is 24.5 Å². The van der Waals surface area contributed by atoms with E-state index in [0.29, 0.717) is 6.04 Å². The zero-order chi connectivity index (χ0) is 11.5. The fourth-order valence-corrected chi connectivity index (χ4v) is 2.12. The molecule has 0 amide bonds. The van der Waals surface area contributed by atoms with Gasteiger partial charge in [0.15, 0.2) is 0 Å². The van der Waals surface area contributed by atoms with E-state index in [4.69, 9.17) is 0 Å². The molecular weight excluding hydrogens is 202 g/mol. The van der Waals surface area contributed by atoms with E-state index >= 15 is 0 Å². The predicted octanol–water partition coefficient (Wildman–Crippen LogP) is 0.666. The molecule has 0 radical (unpaired) electrons. The summed E-state index contributed by atoms with van der Waals surface area (Å²) in [5.41, 5.74) is 1.13. The van der Waals surface area contributed by atoms with Gasteiger partial charge >= 0.3 is 0 Å². The average molecular weight is 221 g/mol. The zero-order valence-electron chi connectivity index (χ0n) is 9.94. The van der Waals surface area contributed by atoms with Crippen molar-refractivity contribution >= 4 is 5.69 Å². The zero-order valence-corrected chi connectivity index (χ0v) is 9.94. The Kier molecular flexibility index (Phi) is 3.29. The SMILES string of the molecule is CCn1ccc(N2CCN[C@H](C)C2)cc1=O. The van der Waals surface area contributed by atoms with Crippen LogP contribution in [0, 0.1) is 0 Å². The topological polar surface area (TPSA) is 37.3 Å². The van der Waals surface area contributed by atoms with E-state index in [9.17, 15) is 4.79 Å². The lowest BCUT2D eigenvalue weighted by molar-refractivity contribution is 0.484.